The van der Waals surface area contributed by atoms with Crippen LogP contribution >= 0.6 is 11.6 Å². The summed E-state index contributed by atoms with van der Waals surface area (Å²) in [6.07, 6.45) is 0. The molecule has 1 unspecified atom stereocenters. The smallest absolute Gasteiger partial charge is 0.245 e. The van der Waals surface area contributed by atoms with Crippen molar-refractivity contribution < 1.29 is 4.79 Å². The zero-order valence-corrected chi connectivity index (χ0v) is 11.4. The van der Waals surface area contributed by atoms with Gasteiger partial charge in [0.1, 0.15) is 5.38 Å². The van der Waals surface area contributed by atoms with Gasteiger partial charge in [-0.15, -0.1) is 11.6 Å². The molecule has 0 N–H and O–H groups in total. The van der Waals surface area contributed by atoms with Crippen LogP contribution in [0.2, 0.25) is 0 Å². The van der Waals surface area contributed by atoms with Crippen molar-refractivity contribution >= 4 is 17.5 Å². The summed E-state index contributed by atoms with van der Waals surface area (Å²) in [6.45, 7) is 6.64. The molecule has 0 bridgehead atoms. The Morgan fingerprint density at radius 2 is 1.83 bits per heavy atom. The van der Waals surface area contributed by atoms with Crippen LogP contribution in [-0.4, -0.2) is 48.4 Å². The first kappa shape index (κ1) is 13.4. The Bertz CT molecular complexity index is 388. The highest BCUT2D eigenvalue weighted by Gasteiger charge is 2.26. The van der Waals surface area contributed by atoms with Crippen molar-refractivity contribution in [3.63, 3.8) is 0 Å². The number of rotatable bonds is 3. The fourth-order valence-electron chi connectivity index (χ4n) is 2.21. The average Bonchev–Trinajstić information content (AvgIpc) is 2.47. The first-order chi connectivity index (χ1) is 8.72. The summed E-state index contributed by atoms with van der Waals surface area (Å²) in [6, 6.07) is 9.55. The molecule has 1 aromatic rings. The molecule has 98 valence electrons. The van der Waals surface area contributed by atoms with E-state index in [1.54, 1.807) is 0 Å². The van der Waals surface area contributed by atoms with Gasteiger partial charge in [-0.1, -0.05) is 37.3 Å². The molecule has 0 aliphatic carbocycles. The van der Waals surface area contributed by atoms with Crippen LogP contribution in [0.5, 0.6) is 0 Å². The van der Waals surface area contributed by atoms with Gasteiger partial charge in [-0.25, -0.2) is 0 Å². The number of benzene rings is 1. The van der Waals surface area contributed by atoms with Crippen molar-refractivity contribution in [2.45, 2.75) is 12.3 Å². The Labute approximate surface area is 113 Å². The predicted molar refractivity (Wildman–Crippen MR) is 73.7 cm³/mol. The lowest BCUT2D eigenvalue weighted by molar-refractivity contribution is -0.132. The van der Waals surface area contributed by atoms with Crippen LogP contribution in [-0.2, 0) is 4.79 Å². The van der Waals surface area contributed by atoms with E-state index in [9.17, 15) is 4.79 Å². The van der Waals surface area contributed by atoms with Crippen molar-refractivity contribution in [2.24, 2.45) is 0 Å². The summed E-state index contributed by atoms with van der Waals surface area (Å²) in [5, 5.41) is -0.556. The maximum Gasteiger partial charge on any atom is 0.245 e. The Morgan fingerprint density at radius 3 is 2.39 bits per heavy atom. The number of nitrogens with zero attached hydrogens (tertiary/aromatic N) is 2. The SMILES string of the molecule is CCN1CCN(C(=O)C(Cl)c2ccccc2)CC1. The Balaban J connectivity index is 1.96. The van der Waals surface area contributed by atoms with Gasteiger partial charge in [-0.2, -0.15) is 0 Å². The van der Waals surface area contributed by atoms with Crippen LogP contribution in [0.1, 0.15) is 17.9 Å². The fourth-order valence-corrected chi connectivity index (χ4v) is 2.49. The topological polar surface area (TPSA) is 23.6 Å². The van der Waals surface area contributed by atoms with E-state index in [-0.39, 0.29) is 5.91 Å². The van der Waals surface area contributed by atoms with E-state index < -0.39 is 5.38 Å². The number of amides is 1. The molecule has 0 radical (unpaired) electrons. The molecule has 3 nitrogen and oxygen atoms in total. The van der Waals surface area contributed by atoms with E-state index in [2.05, 4.69) is 11.8 Å². The molecule has 1 aliphatic rings. The molecule has 1 amide bonds. The third kappa shape index (κ3) is 3.03. The monoisotopic (exact) mass is 266 g/mol. The molecule has 0 aromatic heterocycles. The summed E-state index contributed by atoms with van der Waals surface area (Å²) in [4.78, 5) is 16.5. The van der Waals surface area contributed by atoms with Crippen LogP contribution in [0.4, 0.5) is 0 Å². The molecule has 2 rings (SSSR count). The quantitative estimate of drug-likeness (QED) is 0.783. The van der Waals surface area contributed by atoms with Gasteiger partial charge in [0.2, 0.25) is 5.91 Å². The Kier molecular flexibility index (Phi) is 4.61. The van der Waals surface area contributed by atoms with Gasteiger partial charge in [-0.3, -0.25) is 4.79 Å². The van der Waals surface area contributed by atoms with E-state index in [1.807, 2.05) is 35.2 Å². The van der Waals surface area contributed by atoms with Crippen LogP contribution in [0.25, 0.3) is 0 Å². The zero-order chi connectivity index (χ0) is 13.0. The molecule has 0 saturated carbocycles. The fraction of sp³-hybridized carbons (Fsp3) is 0.500. The van der Waals surface area contributed by atoms with Crippen molar-refractivity contribution in [3.05, 3.63) is 35.9 Å². The number of likely N-dealkylation sites (N-methyl/N-ethyl adjacent to an activating group) is 1. The summed E-state index contributed by atoms with van der Waals surface area (Å²) >= 11 is 6.26. The summed E-state index contributed by atoms with van der Waals surface area (Å²) in [7, 11) is 0. The van der Waals surface area contributed by atoms with E-state index in [4.69, 9.17) is 11.6 Å². The Hall–Kier alpha value is -1.06. The minimum atomic E-state index is -0.556. The largest absolute Gasteiger partial charge is 0.339 e. The highest BCUT2D eigenvalue weighted by Crippen LogP contribution is 2.23. The van der Waals surface area contributed by atoms with Gasteiger partial charge in [0.15, 0.2) is 0 Å². The maximum atomic E-state index is 12.3. The van der Waals surface area contributed by atoms with Crippen molar-refractivity contribution in [1.29, 1.82) is 0 Å². The molecular weight excluding hydrogens is 248 g/mol. The second-order valence-corrected chi connectivity index (χ2v) is 4.97. The second-order valence-electron chi connectivity index (χ2n) is 4.53. The van der Waals surface area contributed by atoms with Gasteiger partial charge >= 0.3 is 0 Å². The first-order valence-electron chi connectivity index (χ1n) is 6.42. The van der Waals surface area contributed by atoms with Crippen LogP contribution in [0.15, 0.2) is 30.3 Å². The molecule has 1 aliphatic heterocycles. The number of carbonyl (C=O) groups is 1. The lowest BCUT2D eigenvalue weighted by Gasteiger charge is -2.35. The first-order valence-corrected chi connectivity index (χ1v) is 6.86. The number of hydrogen-bond acceptors (Lipinski definition) is 2. The maximum absolute atomic E-state index is 12.3. The molecular formula is C14H19ClN2O. The van der Waals surface area contributed by atoms with Gasteiger partial charge in [0, 0.05) is 26.2 Å². The highest BCUT2D eigenvalue weighted by atomic mass is 35.5. The normalized spacial score (nSPS) is 18.7. The molecule has 1 fully saturated rings. The zero-order valence-electron chi connectivity index (χ0n) is 10.7. The number of halogens is 1. The predicted octanol–water partition coefficient (Wildman–Crippen LogP) is 2.13. The molecule has 0 spiro atoms. The average molecular weight is 267 g/mol. The molecule has 1 saturated heterocycles. The lowest BCUT2D eigenvalue weighted by atomic mass is 10.1. The minimum absolute atomic E-state index is 0.0265. The number of piperazine rings is 1. The Morgan fingerprint density at radius 1 is 1.22 bits per heavy atom. The van der Waals surface area contributed by atoms with Crippen molar-refractivity contribution in [1.82, 2.24) is 9.80 Å². The van der Waals surface area contributed by atoms with Crippen LogP contribution in [0, 0.1) is 0 Å². The molecule has 18 heavy (non-hydrogen) atoms. The number of hydrogen-bond donors (Lipinski definition) is 0. The standard InChI is InChI=1S/C14H19ClN2O/c1-2-16-8-10-17(11-9-16)14(18)13(15)12-6-4-3-5-7-12/h3-7,13H,2,8-11H2,1H3. The third-order valence-corrected chi connectivity index (χ3v) is 3.88. The van der Waals surface area contributed by atoms with Crippen LogP contribution in [0.3, 0.4) is 0 Å². The van der Waals surface area contributed by atoms with Crippen molar-refractivity contribution in [2.75, 3.05) is 32.7 Å². The highest BCUT2D eigenvalue weighted by molar-refractivity contribution is 6.30. The lowest BCUT2D eigenvalue weighted by Crippen LogP contribution is -2.49. The molecule has 1 aromatic carbocycles. The van der Waals surface area contributed by atoms with E-state index in [1.165, 1.54) is 0 Å². The second kappa shape index (κ2) is 6.21. The molecule has 1 atom stereocenters. The van der Waals surface area contributed by atoms with E-state index in [0.29, 0.717) is 0 Å². The molecule has 4 heteroatoms. The van der Waals surface area contributed by atoms with Gasteiger partial charge in [0.05, 0.1) is 0 Å². The van der Waals surface area contributed by atoms with Gasteiger partial charge < -0.3 is 9.80 Å². The minimum Gasteiger partial charge on any atom is -0.339 e. The summed E-state index contributed by atoms with van der Waals surface area (Å²) < 4.78 is 0. The third-order valence-electron chi connectivity index (χ3n) is 3.44. The molecule has 1 heterocycles. The van der Waals surface area contributed by atoms with Gasteiger partial charge in [-0.05, 0) is 12.1 Å². The van der Waals surface area contributed by atoms with Gasteiger partial charge in [0.25, 0.3) is 0 Å². The number of alkyl halides is 1. The van der Waals surface area contributed by atoms with Crippen molar-refractivity contribution in [3.8, 4) is 0 Å². The summed E-state index contributed by atoms with van der Waals surface area (Å²) in [5.41, 5.74) is 0.877. The van der Waals surface area contributed by atoms with Crippen LogP contribution < -0.4 is 0 Å². The summed E-state index contributed by atoms with van der Waals surface area (Å²) in [5.74, 6) is 0.0265. The van der Waals surface area contributed by atoms with E-state index in [0.717, 1.165) is 38.3 Å². The van der Waals surface area contributed by atoms with E-state index >= 15 is 0 Å². The number of carbonyl (C=O) groups excluding carboxylic acids is 1.